The van der Waals surface area contributed by atoms with Crippen molar-refractivity contribution in [3.8, 4) is 0 Å². The average Bonchev–Trinajstić information content (AvgIpc) is 2.43. The summed E-state index contributed by atoms with van der Waals surface area (Å²) in [7, 11) is 0. The van der Waals surface area contributed by atoms with Crippen molar-refractivity contribution >= 4 is 0 Å². The summed E-state index contributed by atoms with van der Waals surface area (Å²) in [6.45, 7) is 15.2. The maximum absolute atomic E-state index is 6.16. The van der Waals surface area contributed by atoms with E-state index in [1.807, 2.05) is 0 Å². The van der Waals surface area contributed by atoms with Gasteiger partial charge in [-0.15, -0.1) is 0 Å². The molecule has 0 aliphatic carbocycles. The summed E-state index contributed by atoms with van der Waals surface area (Å²) < 4.78 is 0. The molecular formula is C19H34N2. The van der Waals surface area contributed by atoms with Crippen LogP contribution in [0.15, 0.2) is 12.1 Å². The smallest absolute Gasteiger partial charge is 0.0475 e. The van der Waals surface area contributed by atoms with Crippen LogP contribution in [-0.2, 0) is 0 Å². The Kier molecular flexibility index (Phi) is 7.41. The number of unbranched alkanes of at least 4 members (excludes halogenated alkanes) is 2. The molecule has 0 bridgehead atoms. The van der Waals surface area contributed by atoms with Gasteiger partial charge in [-0.25, -0.2) is 0 Å². The van der Waals surface area contributed by atoms with Crippen molar-refractivity contribution in [1.82, 2.24) is 4.90 Å². The highest BCUT2D eigenvalue weighted by Crippen LogP contribution is 2.27. The third kappa shape index (κ3) is 4.82. The Labute approximate surface area is 131 Å². The third-order valence-corrected chi connectivity index (χ3v) is 4.55. The lowest BCUT2D eigenvalue weighted by molar-refractivity contribution is 0.153. The van der Waals surface area contributed by atoms with E-state index in [2.05, 4.69) is 58.6 Å². The van der Waals surface area contributed by atoms with Gasteiger partial charge in [0, 0.05) is 18.6 Å². The minimum atomic E-state index is 0.334. The van der Waals surface area contributed by atoms with E-state index in [9.17, 15) is 0 Å². The first-order chi connectivity index (χ1) is 9.92. The summed E-state index contributed by atoms with van der Waals surface area (Å²) in [6, 6.07) is 5.51. The van der Waals surface area contributed by atoms with E-state index in [-0.39, 0.29) is 0 Å². The minimum absolute atomic E-state index is 0.334. The second kappa shape index (κ2) is 8.55. The fraction of sp³-hybridized carbons (Fsp3) is 0.684. The molecule has 1 aromatic rings. The van der Waals surface area contributed by atoms with Gasteiger partial charge in [-0.1, -0.05) is 31.9 Å². The third-order valence-electron chi connectivity index (χ3n) is 4.55. The highest BCUT2D eigenvalue weighted by molar-refractivity contribution is 5.38. The second-order valence-electron chi connectivity index (χ2n) is 6.58. The number of benzene rings is 1. The van der Waals surface area contributed by atoms with Crippen LogP contribution >= 0.6 is 0 Å². The van der Waals surface area contributed by atoms with Crippen molar-refractivity contribution in [3.63, 3.8) is 0 Å². The van der Waals surface area contributed by atoms with Crippen LogP contribution in [0.3, 0.4) is 0 Å². The molecule has 2 nitrogen and oxygen atoms in total. The van der Waals surface area contributed by atoms with Crippen LogP contribution in [0.1, 0.15) is 68.3 Å². The van der Waals surface area contributed by atoms with Gasteiger partial charge < -0.3 is 5.73 Å². The van der Waals surface area contributed by atoms with E-state index in [4.69, 9.17) is 5.73 Å². The topological polar surface area (TPSA) is 29.3 Å². The Balaban J connectivity index is 3.05. The van der Waals surface area contributed by atoms with E-state index in [0.717, 1.165) is 6.54 Å². The molecule has 1 rings (SSSR count). The highest BCUT2D eigenvalue weighted by Gasteiger charge is 2.23. The number of aryl methyl sites for hydroxylation is 3. The van der Waals surface area contributed by atoms with E-state index in [1.165, 1.54) is 41.5 Å². The normalized spacial score (nSPS) is 13.2. The first kappa shape index (κ1) is 18.2. The summed E-state index contributed by atoms with van der Waals surface area (Å²) in [5, 5.41) is 0. The van der Waals surface area contributed by atoms with Gasteiger partial charge in [0.15, 0.2) is 0 Å². The molecule has 21 heavy (non-hydrogen) atoms. The van der Waals surface area contributed by atoms with Gasteiger partial charge in [0.1, 0.15) is 0 Å². The van der Waals surface area contributed by atoms with Crippen molar-refractivity contribution in [2.75, 3.05) is 13.1 Å². The second-order valence-corrected chi connectivity index (χ2v) is 6.58. The SMILES string of the molecule is CCCCCN(C(C)C)C(CN)c1cc(C)c(C)cc1C. The van der Waals surface area contributed by atoms with Crippen LogP contribution in [0, 0.1) is 20.8 Å². The fourth-order valence-electron chi connectivity index (χ4n) is 3.10. The Bertz CT molecular complexity index is 437. The maximum atomic E-state index is 6.16. The molecule has 0 heterocycles. The van der Waals surface area contributed by atoms with Crippen molar-refractivity contribution in [1.29, 1.82) is 0 Å². The Hall–Kier alpha value is -0.860. The summed E-state index contributed by atoms with van der Waals surface area (Å²) >= 11 is 0. The predicted octanol–water partition coefficient (Wildman–Crippen LogP) is 4.51. The zero-order valence-corrected chi connectivity index (χ0v) is 14.9. The van der Waals surface area contributed by atoms with Crippen LogP contribution in [0.5, 0.6) is 0 Å². The van der Waals surface area contributed by atoms with Crippen molar-refractivity contribution < 1.29 is 0 Å². The standard InChI is InChI=1S/C19H34N2/c1-7-8-9-10-21(14(2)3)19(13-20)18-12-16(5)15(4)11-17(18)6/h11-12,14,19H,7-10,13,20H2,1-6H3. The van der Waals surface area contributed by atoms with E-state index >= 15 is 0 Å². The van der Waals surface area contributed by atoms with Crippen LogP contribution in [0.4, 0.5) is 0 Å². The zero-order chi connectivity index (χ0) is 16.0. The van der Waals surface area contributed by atoms with Gasteiger partial charge in [0.25, 0.3) is 0 Å². The lowest BCUT2D eigenvalue weighted by atomic mass is 9.94. The maximum Gasteiger partial charge on any atom is 0.0475 e. The van der Waals surface area contributed by atoms with Crippen LogP contribution in [0.25, 0.3) is 0 Å². The fourth-order valence-corrected chi connectivity index (χ4v) is 3.10. The molecule has 0 spiro atoms. The highest BCUT2D eigenvalue weighted by atomic mass is 15.2. The summed E-state index contributed by atoms with van der Waals surface area (Å²) in [6.07, 6.45) is 3.82. The number of nitrogens with two attached hydrogens (primary N) is 1. The summed E-state index contributed by atoms with van der Waals surface area (Å²) in [5.74, 6) is 0. The molecule has 0 saturated carbocycles. The Morgan fingerprint density at radius 1 is 1.00 bits per heavy atom. The van der Waals surface area contributed by atoms with Crippen LogP contribution in [0.2, 0.25) is 0 Å². The van der Waals surface area contributed by atoms with Crippen molar-refractivity contribution in [2.24, 2.45) is 5.73 Å². The molecule has 1 aromatic carbocycles. The molecule has 0 aliphatic heterocycles. The van der Waals surface area contributed by atoms with Gasteiger partial charge in [-0.05, 0) is 69.8 Å². The van der Waals surface area contributed by atoms with Gasteiger partial charge >= 0.3 is 0 Å². The number of nitrogens with zero attached hydrogens (tertiary/aromatic N) is 1. The minimum Gasteiger partial charge on any atom is -0.329 e. The molecule has 0 saturated heterocycles. The lowest BCUT2D eigenvalue weighted by Crippen LogP contribution is -2.39. The first-order valence-electron chi connectivity index (χ1n) is 8.45. The molecular weight excluding hydrogens is 256 g/mol. The molecule has 0 radical (unpaired) electrons. The largest absolute Gasteiger partial charge is 0.329 e. The Morgan fingerprint density at radius 2 is 1.62 bits per heavy atom. The molecule has 0 fully saturated rings. The molecule has 120 valence electrons. The zero-order valence-electron chi connectivity index (χ0n) is 14.9. The van der Waals surface area contributed by atoms with E-state index < -0.39 is 0 Å². The molecule has 0 amide bonds. The molecule has 2 heteroatoms. The average molecular weight is 290 g/mol. The number of hydrogen-bond donors (Lipinski definition) is 1. The van der Waals surface area contributed by atoms with Crippen molar-refractivity contribution in [3.05, 3.63) is 34.4 Å². The molecule has 1 atom stereocenters. The predicted molar refractivity (Wildman–Crippen MR) is 93.8 cm³/mol. The van der Waals surface area contributed by atoms with Gasteiger partial charge in [0.2, 0.25) is 0 Å². The number of rotatable bonds is 8. The molecule has 0 aromatic heterocycles. The molecule has 0 aliphatic rings. The van der Waals surface area contributed by atoms with Gasteiger partial charge in [-0.3, -0.25) is 4.90 Å². The Morgan fingerprint density at radius 3 is 2.14 bits per heavy atom. The van der Waals surface area contributed by atoms with E-state index in [1.54, 1.807) is 0 Å². The van der Waals surface area contributed by atoms with Gasteiger partial charge in [0.05, 0.1) is 0 Å². The first-order valence-corrected chi connectivity index (χ1v) is 8.45. The quantitative estimate of drug-likeness (QED) is 0.714. The number of hydrogen-bond acceptors (Lipinski definition) is 2. The summed E-state index contributed by atoms with van der Waals surface area (Å²) in [4.78, 5) is 2.58. The monoisotopic (exact) mass is 290 g/mol. The molecule has 1 unspecified atom stereocenters. The van der Waals surface area contributed by atoms with Gasteiger partial charge in [-0.2, -0.15) is 0 Å². The van der Waals surface area contributed by atoms with E-state index in [0.29, 0.717) is 18.6 Å². The molecule has 2 N–H and O–H groups in total. The lowest BCUT2D eigenvalue weighted by Gasteiger charge is -2.36. The summed E-state index contributed by atoms with van der Waals surface area (Å²) in [5.41, 5.74) is 11.7. The van der Waals surface area contributed by atoms with Crippen molar-refractivity contribution in [2.45, 2.75) is 72.9 Å². The van der Waals surface area contributed by atoms with Crippen LogP contribution < -0.4 is 5.73 Å². The van der Waals surface area contributed by atoms with Crippen LogP contribution in [-0.4, -0.2) is 24.0 Å².